The van der Waals surface area contributed by atoms with Crippen LogP contribution < -0.4 is 5.73 Å². The van der Waals surface area contributed by atoms with Crippen LogP contribution in [0.25, 0.3) is 0 Å². The number of amides is 1. The Morgan fingerprint density at radius 3 is 1.35 bits per heavy atom. The molecule has 20 heavy (non-hydrogen) atoms. The van der Waals surface area contributed by atoms with Gasteiger partial charge in [-0.15, -0.1) is 0 Å². The summed E-state index contributed by atoms with van der Waals surface area (Å²) in [5.74, 6) is -2.67. The Morgan fingerprint density at radius 2 is 1.15 bits per heavy atom. The van der Waals surface area contributed by atoms with Gasteiger partial charge in [0.25, 0.3) is 0 Å². The van der Waals surface area contributed by atoms with Crippen LogP contribution in [0.1, 0.15) is 55.4 Å². The van der Waals surface area contributed by atoms with Crippen LogP contribution in [0, 0.1) is 34.5 Å². The van der Waals surface area contributed by atoms with Crippen LogP contribution in [0.15, 0.2) is 0 Å². The molecule has 0 aromatic heterocycles. The quantitative estimate of drug-likeness (QED) is 0.754. The Hall–Kier alpha value is -1.06. The molecular formula is C16H31NO3. The monoisotopic (exact) mass is 285 g/mol. The molecular weight excluding hydrogens is 254 g/mol. The van der Waals surface area contributed by atoms with E-state index in [1.807, 2.05) is 55.4 Å². The van der Waals surface area contributed by atoms with Crippen LogP contribution >= 0.6 is 0 Å². The standard InChI is InChI=1S/C16H31NO3/c1-9(2)15(5,6)11(13(17)18)12(14(19)20)16(7,8)10(3)4/h9-12H,1-8H3,(H2,17,18)(H,19,20). The summed E-state index contributed by atoms with van der Waals surface area (Å²) in [7, 11) is 0. The molecule has 3 N–H and O–H groups in total. The fraction of sp³-hybridized carbons (Fsp3) is 0.875. The number of aliphatic carboxylic acids is 1. The molecule has 1 amide bonds. The van der Waals surface area contributed by atoms with Gasteiger partial charge in [-0.05, 0) is 22.7 Å². The lowest BCUT2D eigenvalue weighted by molar-refractivity contribution is -0.159. The largest absolute Gasteiger partial charge is 0.481 e. The number of carbonyl (C=O) groups is 2. The third-order valence-corrected chi connectivity index (χ3v) is 5.49. The van der Waals surface area contributed by atoms with E-state index in [0.717, 1.165) is 0 Å². The molecule has 0 heterocycles. The van der Waals surface area contributed by atoms with E-state index in [-0.39, 0.29) is 11.8 Å². The fourth-order valence-electron chi connectivity index (χ4n) is 2.57. The van der Waals surface area contributed by atoms with E-state index in [0.29, 0.717) is 0 Å². The summed E-state index contributed by atoms with van der Waals surface area (Å²) < 4.78 is 0. The highest BCUT2D eigenvalue weighted by molar-refractivity contribution is 5.84. The molecule has 0 aromatic rings. The molecule has 0 saturated carbocycles. The molecule has 118 valence electrons. The zero-order chi connectivity index (χ0) is 16.5. The van der Waals surface area contributed by atoms with Crippen LogP contribution in [-0.4, -0.2) is 17.0 Å². The van der Waals surface area contributed by atoms with Crippen molar-refractivity contribution in [2.24, 2.45) is 40.2 Å². The second kappa shape index (κ2) is 6.15. The van der Waals surface area contributed by atoms with Gasteiger partial charge in [-0.2, -0.15) is 0 Å². The number of rotatable bonds is 7. The number of carboxylic acids is 1. The van der Waals surface area contributed by atoms with Gasteiger partial charge in [0.05, 0.1) is 11.8 Å². The van der Waals surface area contributed by atoms with Gasteiger partial charge in [0.2, 0.25) is 5.91 Å². The first kappa shape index (κ1) is 18.9. The molecule has 0 rings (SSSR count). The highest BCUT2D eigenvalue weighted by Crippen LogP contribution is 2.48. The number of primary amides is 1. The first-order valence-electron chi connectivity index (χ1n) is 7.30. The number of carboxylic acid groups (broad SMARTS) is 1. The van der Waals surface area contributed by atoms with E-state index in [4.69, 9.17) is 5.73 Å². The zero-order valence-electron chi connectivity index (χ0n) is 14.2. The van der Waals surface area contributed by atoms with E-state index in [9.17, 15) is 14.7 Å². The maximum atomic E-state index is 12.0. The highest BCUT2D eigenvalue weighted by atomic mass is 16.4. The average molecular weight is 285 g/mol. The third kappa shape index (κ3) is 3.53. The molecule has 0 aliphatic heterocycles. The molecule has 2 atom stereocenters. The summed E-state index contributed by atoms with van der Waals surface area (Å²) in [4.78, 5) is 23.9. The van der Waals surface area contributed by atoms with Crippen molar-refractivity contribution in [3.8, 4) is 0 Å². The summed E-state index contributed by atoms with van der Waals surface area (Å²) in [5, 5.41) is 9.71. The Bertz CT molecular complexity index is 334. The molecule has 4 heteroatoms. The Morgan fingerprint density at radius 1 is 0.850 bits per heavy atom. The summed E-state index contributed by atoms with van der Waals surface area (Å²) in [6.45, 7) is 15.6. The van der Waals surface area contributed by atoms with E-state index < -0.39 is 34.5 Å². The SMILES string of the molecule is CC(C)C(C)(C)C(C(N)=O)C(C(=O)O)C(C)(C)C(C)C. The molecule has 0 bridgehead atoms. The smallest absolute Gasteiger partial charge is 0.307 e. The minimum Gasteiger partial charge on any atom is -0.481 e. The van der Waals surface area contributed by atoms with Gasteiger partial charge in [0.15, 0.2) is 0 Å². The lowest BCUT2D eigenvalue weighted by Gasteiger charge is -2.46. The molecule has 0 spiro atoms. The van der Waals surface area contributed by atoms with Gasteiger partial charge in [0, 0.05) is 0 Å². The molecule has 0 saturated heterocycles. The van der Waals surface area contributed by atoms with Crippen molar-refractivity contribution in [3.05, 3.63) is 0 Å². The summed E-state index contributed by atoms with van der Waals surface area (Å²) in [5.41, 5.74) is 4.61. The summed E-state index contributed by atoms with van der Waals surface area (Å²) >= 11 is 0. The van der Waals surface area contributed by atoms with Gasteiger partial charge >= 0.3 is 5.97 Å². The van der Waals surface area contributed by atoms with Crippen molar-refractivity contribution in [3.63, 3.8) is 0 Å². The maximum Gasteiger partial charge on any atom is 0.307 e. The van der Waals surface area contributed by atoms with E-state index in [1.165, 1.54) is 0 Å². The van der Waals surface area contributed by atoms with Gasteiger partial charge in [-0.3, -0.25) is 9.59 Å². The van der Waals surface area contributed by atoms with Crippen molar-refractivity contribution in [1.29, 1.82) is 0 Å². The van der Waals surface area contributed by atoms with Gasteiger partial charge in [-0.25, -0.2) is 0 Å². The van der Waals surface area contributed by atoms with Crippen molar-refractivity contribution in [2.45, 2.75) is 55.4 Å². The van der Waals surface area contributed by atoms with Crippen LogP contribution in [-0.2, 0) is 9.59 Å². The topological polar surface area (TPSA) is 80.4 Å². The molecule has 0 aromatic carbocycles. The minimum absolute atomic E-state index is 0.133. The lowest BCUT2D eigenvalue weighted by atomic mass is 9.57. The van der Waals surface area contributed by atoms with E-state index in [2.05, 4.69) is 0 Å². The van der Waals surface area contributed by atoms with Crippen LogP contribution in [0.4, 0.5) is 0 Å². The van der Waals surface area contributed by atoms with Gasteiger partial charge in [-0.1, -0.05) is 55.4 Å². The molecule has 0 aliphatic carbocycles. The van der Waals surface area contributed by atoms with Crippen molar-refractivity contribution >= 4 is 11.9 Å². The fourth-order valence-corrected chi connectivity index (χ4v) is 2.57. The molecule has 0 radical (unpaired) electrons. The second-order valence-corrected chi connectivity index (χ2v) is 7.65. The van der Waals surface area contributed by atoms with E-state index >= 15 is 0 Å². The molecule has 0 aliphatic rings. The number of hydrogen-bond acceptors (Lipinski definition) is 2. The normalized spacial score (nSPS) is 16.3. The first-order chi connectivity index (χ1) is 8.77. The lowest BCUT2D eigenvalue weighted by Crippen LogP contribution is -2.52. The molecule has 4 nitrogen and oxygen atoms in total. The predicted molar refractivity (Wildman–Crippen MR) is 81.0 cm³/mol. The van der Waals surface area contributed by atoms with Gasteiger partial charge < -0.3 is 10.8 Å². The molecule has 0 fully saturated rings. The summed E-state index contributed by atoms with van der Waals surface area (Å²) in [6.07, 6.45) is 0. The number of hydrogen-bond donors (Lipinski definition) is 2. The third-order valence-electron chi connectivity index (χ3n) is 5.49. The number of nitrogens with two attached hydrogens (primary N) is 1. The molecule has 2 unspecified atom stereocenters. The van der Waals surface area contributed by atoms with Gasteiger partial charge in [0.1, 0.15) is 0 Å². The Kier molecular flexibility index (Phi) is 5.82. The van der Waals surface area contributed by atoms with Crippen LogP contribution in [0.2, 0.25) is 0 Å². The van der Waals surface area contributed by atoms with E-state index in [1.54, 1.807) is 0 Å². The first-order valence-corrected chi connectivity index (χ1v) is 7.30. The highest BCUT2D eigenvalue weighted by Gasteiger charge is 2.51. The predicted octanol–water partition coefficient (Wildman–Crippen LogP) is 3.15. The van der Waals surface area contributed by atoms with Crippen LogP contribution in [0.3, 0.4) is 0 Å². The van der Waals surface area contributed by atoms with Crippen molar-refractivity contribution in [1.82, 2.24) is 0 Å². The average Bonchev–Trinajstić information content (AvgIpc) is 2.23. The summed E-state index contributed by atoms with van der Waals surface area (Å²) in [6, 6.07) is 0. The van der Waals surface area contributed by atoms with Crippen LogP contribution in [0.5, 0.6) is 0 Å². The second-order valence-electron chi connectivity index (χ2n) is 7.65. The Labute approximate surface area is 123 Å². The van der Waals surface area contributed by atoms with Crippen molar-refractivity contribution in [2.75, 3.05) is 0 Å². The van der Waals surface area contributed by atoms with Crippen molar-refractivity contribution < 1.29 is 14.7 Å². The Balaban J connectivity index is 5.99. The maximum absolute atomic E-state index is 12.0. The zero-order valence-corrected chi connectivity index (χ0v) is 14.2. The minimum atomic E-state index is -0.943. The number of carbonyl (C=O) groups excluding carboxylic acids is 1.